The third kappa shape index (κ3) is 4.74. The maximum Gasteiger partial charge on any atom is 0.356 e. The Bertz CT molecular complexity index is 1130. The van der Waals surface area contributed by atoms with E-state index >= 15 is 0 Å². The molecule has 1 saturated heterocycles. The molecular weight excluding hydrogens is 484 g/mol. The Hall–Kier alpha value is -3.10. The molecule has 2 aromatic rings. The van der Waals surface area contributed by atoms with Gasteiger partial charge in [-0.15, -0.1) is 16.9 Å². The molecule has 0 radical (unpaired) electrons. The number of amides is 2. The first-order valence-corrected chi connectivity index (χ1v) is 12.0. The third-order valence-electron chi connectivity index (χ3n) is 5.23. The summed E-state index contributed by atoms with van der Waals surface area (Å²) in [7, 11) is 1.56. The number of primary amides is 1. The molecule has 0 spiro atoms. The summed E-state index contributed by atoms with van der Waals surface area (Å²) in [6.45, 7) is 1.38. The number of carbonyl (C=O) groups is 3. The Kier molecular flexibility index (Phi) is 7.09. The Morgan fingerprint density at radius 2 is 2.06 bits per heavy atom. The van der Waals surface area contributed by atoms with Crippen LogP contribution in [0.25, 0.3) is 0 Å². The van der Waals surface area contributed by atoms with Gasteiger partial charge in [-0.2, -0.15) is 0 Å². The van der Waals surface area contributed by atoms with Crippen LogP contribution in [0.3, 0.4) is 0 Å². The number of nitrogens with zero attached hydrogens (tertiary/aromatic N) is 5. The summed E-state index contributed by atoms with van der Waals surface area (Å²) in [4.78, 5) is 38.9. The van der Waals surface area contributed by atoms with Gasteiger partial charge in [0.2, 0.25) is 17.0 Å². The van der Waals surface area contributed by atoms with E-state index in [0.717, 1.165) is 5.56 Å². The van der Waals surface area contributed by atoms with Crippen LogP contribution < -0.4 is 10.5 Å². The van der Waals surface area contributed by atoms with Gasteiger partial charge in [-0.3, -0.25) is 14.5 Å². The van der Waals surface area contributed by atoms with Crippen LogP contribution in [0.4, 0.5) is 0 Å². The molecule has 0 saturated carbocycles. The Labute approximate surface area is 202 Å². The van der Waals surface area contributed by atoms with E-state index in [9.17, 15) is 19.5 Å². The van der Waals surface area contributed by atoms with Crippen LogP contribution in [0.15, 0.2) is 40.0 Å². The van der Waals surface area contributed by atoms with Gasteiger partial charge in [-0.1, -0.05) is 23.9 Å². The lowest BCUT2D eigenvalue weighted by Gasteiger charge is -2.43. The maximum absolute atomic E-state index is 13.0. The summed E-state index contributed by atoms with van der Waals surface area (Å²) in [5.74, 6) is -1.25. The van der Waals surface area contributed by atoms with Crippen molar-refractivity contribution in [3.05, 3.63) is 40.4 Å². The van der Waals surface area contributed by atoms with Crippen LogP contribution in [-0.4, -0.2) is 72.3 Å². The average Bonchev–Trinajstić information content (AvgIpc) is 3.37. The SMILES string of the molecule is COc1ccc(COC(=O)C2=C(CSc3nnnn3CC(N)=O)S[C@@H]3[C@H](C(C)O)C(=O)N23)cc1. The van der Waals surface area contributed by atoms with Gasteiger partial charge in [0.05, 0.1) is 19.1 Å². The minimum atomic E-state index is -0.854. The topological polar surface area (TPSA) is 163 Å². The molecule has 0 bridgehead atoms. The highest BCUT2D eigenvalue weighted by molar-refractivity contribution is 8.06. The van der Waals surface area contributed by atoms with Crippen molar-refractivity contribution in [2.45, 2.75) is 36.7 Å². The van der Waals surface area contributed by atoms with Gasteiger partial charge in [0, 0.05) is 10.7 Å². The van der Waals surface area contributed by atoms with E-state index in [4.69, 9.17) is 15.2 Å². The third-order valence-corrected chi connectivity index (χ3v) is 7.77. The Morgan fingerprint density at radius 3 is 2.71 bits per heavy atom. The minimum Gasteiger partial charge on any atom is -0.497 e. The number of aliphatic hydroxyl groups excluding tert-OH is 1. The molecule has 34 heavy (non-hydrogen) atoms. The fraction of sp³-hybridized carbons (Fsp3) is 0.400. The van der Waals surface area contributed by atoms with Crippen molar-refractivity contribution in [2.24, 2.45) is 11.7 Å². The molecule has 1 fully saturated rings. The number of β-lactam (4-membered cyclic amide) rings is 1. The molecule has 180 valence electrons. The number of thioether (sulfide) groups is 2. The van der Waals surface area contributed by atoms with E-state index in [1.54, 1.807) is 38.3 Å². The van der Waals surface area contributed by atoms with Gasteiger partial charge in [0.25, 0.3) is 0 Å². The minimum absolute atomic E-state index is 0.0147. The molecule has 2 aliphatic heterocycles. The smallest absolute Gasteiger partial charge is 0.356 e. The molecule has 0 aliphatic carbocycles. The molecule has 2 amide bonds. The largest absolute Gasteiger partial charge is 0.497 e. The summed E-state index contributed by atoms with van der Waals surface area (Å²) in [5.41, 5.74) is 6.12. The molecule has 2 aliphatic rings. The molecule has 1 aromatic heterocycles. The van der Waals surface area contributed by atoms with Crippen LogP contribution in [0, 0.1) is 5.92 Å². The Balaban J connectivity index is 1.51. The highest BCUT2D eigenvalue weighted by Gasteiger charge is 2.57. The van der Waals surface area contributed by atoms with Crippen molar-refractivity contribution in [1.29, 1.82) is 0 Å². The maximum atomic E-state index is 13.0. The second-order valence-corrected chi connectivity index (χ2v) is 9.71. The van der Waals surface area contributed by atoms with E-state index in [2.05, 4.69) is 15.5 Å². The number of esters is 1. The van der Waals surface area contributed by atoms with Crippen LogP contribution in [-0.2, 0) is 32.3 Å². The summed E-state index contributed by atoms with van der Waals surface area (Å²) >= 11 is 2.52. The van der Waals surface area contributed by atoms with Crippen molar-refractivity contribution in [2.75, 3.05) is 12.9 Å². The standard InChI is InChI=1S/C20H22N6O6S2/c1-10(27)15-17(29)26-16(19(30)32-8-11-3-5-12(31-2)6-4-11)13(34-18(15)26)9-33-20-22-23-24-25(20)7-14(21)28/h3-6,10,15,18,27H,7-9H2,1-2H3,(H2,21,28)/t10?,15-,18-/m1/s1. The van der Waals surface area contributed by atoms with Crippen molar-refractivity contribution in [3.8, 4) is 5.75 Å². The Morgan fingerprint density at radius 1 is 1.32 bits per heavy atom. The van der Waals surface area contributed by atoms with E-state index < -0.39 is 29.3 Å². The van der Waals surface area contributed by atoms with Crippen LogP contribution in [0.1, 0.15) is 12.5 Å². The molecule has 3 atom stereocenters. The fourth-order valence-electron chi connectivity index (χ4n) is 3.56. The number of hydrogen-bond donors (Lipinski definition) is 2. The number of benzene rings is 1. The molecule has 1 unspecified atom stereocenters. The number of aromatic nitrogens is 4. The van der Waals surface area contributed by atoms with E-state index in [-0.39, 0.29) is 30.5 Å². The number of rotatable bonds is 10. The number of methoxy groups -OCH3 is 1. The van der Waals surface area contributed by atoms with Gasteiger partial charge < -0.3 is 20.3 Å². The van der Waals surface area contributed by atoms with Gasteiger partial charge in [-0.05, 0) is 35.0 Å². The number of nitrogens with two attached hydrogens (primary N) is 1. The van der Waals surface area contributed by atoms with Crippen molar-refractivity contribution in [1.82, 2.24) is 25.1 Å². The zero-order valence-corrected chi connectivity index (χ0v) is 19.9. The average molecular weight is 507 g/mol. The van der Waals surface area contributed by atoms with Crippen LogP contribution in [0.5, 0.6) is 5.75 Å². The molecule has 4 rings (SSSR count). The molecule has 12 nitrogen and oxygen atoms in total. The molecular formula is C20H22N6O6S2. The zero-order valence-electron chi connectivity index (χ0n) is 18.3. The number of hydrogen-bond acceptors (Lipinski definition) is 11. The summed E-state index contributed by atoms with van der Waals surface area (Å²) in [5, 5.41) is 21.1. The van der Waals surface area contributed by atoms with Gasteiger partial charge in [0.1, 0.15) is 30.0 Å². The number of ether oxygens (including phenoxy) is 2. The van der Waals surface area contributed by atoms with Crippen molar-refractivity contribution in [3.63, 3.8) is 0 Å². The molecule has 3 N–H and O–H groups in total. The lowest BCUT2D eigenvalue weighted by molar-refractivity contribution is -0.158. The normalized spacial score (nSPS) is 20.1. The number of fused-ring (bicyclic) bond motifs is 1. The fourth-order valence-corrected chi connectivity index (χ4v) is 6.14. The van der Waals surface area contributed by atoms with Gasteiger partial charge >= 0.3 is 5.97 Å². The molecule has 14 heteroatoms. The van der Waals surface area contributed by atoms with Gasteiger partial charge in [-0.25, -0.2) is 9.48 Å². The number of carbonyl (C=O) groups excluding carboxylic acids is 3. The second-order valence-electron chi connectivity index (χ2n) is 7.55. The lowest BCUT2D eigenvalue weighted by Crippen LogP contribution is -2.60. The van der Waals surface area contributed by atoms with Gasteiger partial charge in [0.15, 0.2) is 0 Å². The first-order chi connectivity index (χ1) is 16.3. The highest BCUT2D eigenvalue weighted by Crippen LogP contribution is 2.51. The first kappa shape index (κ1) is 24.0. The van der Waals surface area contributed by atoms with Crippen molar-refractivity contribution >= 4 is 41.3 Å². The van der Waals surface area contributed by atoms with Crippen molar-refractivity contribution < 1.29 is 29.0 Å². The predicted molar refractivity (Wildman–Crippen MR) is 121 cm³/mol. The monoisotopic (exact) mass is 506 g/mol. The summed E-state index contributed by atoms with van der Waals surface area (Å²) < 4.78 is 11.9. The van der Waals surface area contributed by atoms with E-state index in [1.807, 2.05) is 0 Å². The lowest BCUT2D eigenvalue weighted by atomic mass is 9.92. The van der Waals surface area contributed by atoms with E-state index in [1.165, 1.54) is 33.1 Å². The molecule has 1 aromatic carbocycles. The van der Waals surface area contributed by atoms with Crippen LogP contribution in [0.2, 0.25) is 0 Å². The summed E-state index contributed by atoms with van der Waals surface area (Å²) in [6, 6.07) is 7.07. The number of aliphatic hydroxyl groups is 1. The highest BCUT2D eigenvalue weighted by atomic mass is 32.2. The van der Waals surface area contributed by atoms with E-state index in [0.29, 0.717) is 15.8 Å². The zero-order chi connectivity index (χ0) is 24.4. The molecule has 3 heterocycles. The van der Waals surface area contributed by atoms with Crippen LogP contribution >= 0.6 is 23.5 Å². The second kappa shape index (κ2) is 10.0. The first-order valence-electron chi connectivity index (χ1n) is 10.2. The quantitative estimate of drug-likeness (QED) is 0.256. The predicted octanol–water partition coefficient (Wildman–Crippen LogP) is 0.126. The number of tetrazole rings is 1. The summed E-state index contributed by atoms with van der Waals surface area (Å²) in [6.07, 6.45) is -0.854.